The van der Waals surface area contributed by atoms with Gasteiger partial charge in [0.1, 0.15) is 11.4 Å². The minimum Gasteiger partial charge on any atom is -0.484 e. The van der Waals surface area contributed by atoms with Crippen LogP contribution in [0.2, 0.25) is 10.0 Å². The molecule has 3 rings (SSSR count). The lowest BCUT2D eigenvalue weighted by Crippen LogP contribution is -2.40. The van der Waals surface area contributed by atoms with Gasteiger partial charge in [-0.25, -0.2) is 14.2 Å². The van der Waals surface area contributed by atoms with Gasteiger partial charge in [-0.3, -0.25) is 9.36 Å². The van der Waals surface area contributed by atoms with Gasteiger partial charge in [0.15, 0.2) is 6.61 Å². The molecule has 0 spiro atoms. The molecule has 170 valence electrons. The quantitative estimate of drug-likeness (QED) is 0.487. The Morgan fingerprint density at radius 1 is 1.16 bits per heavy atom. The Hall–Kier alpha value is -3.39. The Kier molecular flexibility index (Phi) is 6.27. The molecule has 0 amide bonds. The van der Waals surface area contributed by atoms with Gasteiger partial charge in [-0.1, -0.05) is 28.3 Å². The van der Waals surface area contributed by atoms with Crippen LogP contribution in [-0.4, -0.2) is 35.5 Å². The summed E-state index contributed by atoms with van der Waals surface area (Å²) < 4.78 is 45.3. The minimum absolute atomic E-state index is 0.0265. The van der Waals surface area contributed by atoms with Crippen molar-refractivity contribution in [2.24, 2.45) is 7.05 Å². The van der Waals surface area contributed by atoms with E-state index < -0.39 is 29.1 Å². The zero-order valence-electron chi connectivity index (χ0n) is 16.1. The number of aromatic nitrogens is 6. The third kappa shape index (κ3) is 4.75. The smallest absolute Gasteiger partial charge is 0.431 e. The molecule has 0 saturated carbocycles. The Morgan fingerprint density at radius 3 is 2.47 bits per heavy atom. The molecule has 1 aromatic carbocycles. The van der Waals surface area contributed by atoms with Crippen LogP contribution in [0, 0.1) is 0 Å². The fourth-order valence-corrected chi connectivity index (χ4v) is 3.02. The summed E-state index contributed by atoms with van der Waals surface area (Å²) in [5.41, 5.74) is -4.23. The largest absolute Gasteiger partial charge is 0.484 e. The molecule has 0 unspecified atom stereocenters. The maximum Gasteiger partial charge on any atom is 0.431 e. The number of nitrogens with zero attached hydrogens (tertiary/aromatic N) is 6. The van der Waals surface area contributed by atoms with Gasteiger partial charge in [0.2, 0.25) is 5.82 Å². The van der Waals surface area contributed by atoms with E-state index in [1.54, 1.807) is 0 Å². The number of rotatable bonds is 5. The van der Waals surface area contributed by atoms with E-state index in [0.717, 1.165) is 26.1 Å². The number of hydrogen-bond acceptors (Lipinski definition) is 8. The number of carbonyl (C=O) groups is 1. The monoisotopic (exact) mass is 494 g/mol. The molecule has 0 N–H and O–H groups in total. The van der Waals surface area contributed by atoms with Gasteiger partial charge in [0.25, 0.3) is 5.56 Å². The number of alkyl halides is 3. The van der Waals surface area contributed by atoms with Gasteiger partial charge in [-0.2, -0.15) is 13.2 Å². The second-order valence-corrected chi connectivity index (χ2v) is 6.92. The summed E-state index contributed by atoms with van der Waals surface area (Å²) in [6.45, 7) is 0.796. The first-order valence-electron chi connectivity index (χ1n) is 8.38. The van der Waals surface area contributed by atoms with Crippen LogP contribution in [0.1, 0.15) is 18.4 Å². The topological polar surface area (TPSA) is 123 Å². The highest BCUT2D eigenvalue weighted by atomic mass is 35.5. The van der Waals surface area contributed by atoms with Gasteiger partial charge in [-0.15, -0.1) is 5.10 Å². The van der Waals surface area contributed by atoms with Crippen LogP contribution in [0.5, 0.6) is 5.75 Å². The zero-order valence-corrected chi connectivity index (χ0v) is 17.6. The number of halogens is 5. The van der Waals surface area contributed by atoms with Gasteiger partial charge in [-0.05, 0) is 11.3 Å². The van der Waals surface area contributed by atoms with Crippen LogP contribution in [0.25, 0.3) is 5.69 Å². The van der Waals surface area contributed by atoms with E-state index in [2.05, 4.69) is 20.2 Å². The van der Waals surface area contributed by atoms with Crippen LogP contribution in [0.3, 0.4) is 0 Å². The Labute approximate surface area is 185 Å². The van der Waals surface area contributed by atoms with Crippen LogP contribution >= 0.6 is 23.2 Å². The molecule has 0 aliphatic heterocycles. The first-order valence-corrected chi connectivity index (χ1v) is 9.14. The normalized spacial score (nSPS) is 11.5. The molecule has 32 heavy (non-hydrogen) atoms. The SMILES string of the molecule is CC(=O)On1nnc(COc2cc(-n3c(=O)cc(C(F)(F)F)n(C)c3=O)c(Cl)cc2Cl)n1. The summed E-state index contributed by atoms with van der Waals surface area (Å²) in [6, 6.07) is 2.50. The van der Waals surface area contributed by atoms with E-state index in [4.69, 9.17) is 27.9 Å². The molecule has 2 heterocycles. The summed E-state index contributed by atoms with van der Waals surface area (Å²) in [7, 11) is 0.862. The van der Waals surface area contributed by atoms with Crippen molar-refractivity contribution in [2.75, 3.05) is 0 Å². The average Bonchev–Trinajstić information content (AvgIpc) is 3.11. The number of benzene rings is 1. The molecular weight excluding hydrogens is 484 g/mol. The van der Waals surface area contributed by atoms with Gasteiger partial charge in [0.05, 0.1) is 15.7 Å². The Morgan fingerprint density at radius 2 is 1.84 bits per heavy atom. The summed E-state index contributed by atoms with van der Waals surface area (Å²) in [5.74, 6) is -0.811. The third-order valence-corrected chi connectivity index (χ3v) is 4.46. The van der Waals surface area contributed by atoms with Crippen LogP contribution in [0.15, 0.2) is 27.8 Å². The highest BCUT2D eigenvalue weighted by Gasteiger charge is 2.35. The standard InChI is InChI=1S/C16H11Cl2F3N6O5/c1-7(28)32-27-23-13(22-24-27)6-31-11-4-10(8(17)3-9(11)18)26-14(29)5-12(16(19,20)21)25(2)15(26)30/h3-5H,6H2,1-2H3. The van der Waals surface area contributed by atoms with E-state index >= 15 is 0 Å². The maximum atomic E-state index is 13.1. The van der Waals surface area contributed by atoms with E-state index in [-0.39, 0.29) is 44.5 Å². The fraction of sp³-hybridized carbons (Fsp3) is 0.250. The van der Waals surface area contributed by atoms with E-state index in [1.807, 2.05) is 0 Å². The zero-order chi connectivity index (χ0) is 23.8. The summed E-state index contributed by atoms with van der Waals surface area (Å²) in [4.78, 5) is 40.8. The lowest BCUT2D eigenvalue weighted by Gasteiger charge is -2.15. The molecule has 2 aromatic heterocycles. The lowest BCUT2D eigenvalue weighted by molar-refractivity contribution is -0.145. The van der Waals surface area contributed by atoms with E-state index in [1.165, 1.54) is 0 Å². The Bertz CT molecular complexity index is 1320. The van der Waals surface area contributed by atoms with E-state index in [9.17, 15) is 27.6 Å². The fourth-order valence-electron chi connectivity index (χ4n) is 2.50. The summed E-state index contributed by atoms with van der Waals surface area (Å²) in [5, 5.41) is 10.5. The first-order chi connectivity index (χ1) is 14.9. The van der Waals surface area contributed by atoms with Crippen LogP contribution in [0.4, 0.5) is 13.2 Å². The molecule has 16 heteroatoms. The summed E-state index contributed by atoms with van der Waals surface area (Å²) in [6.07, 6.45) is -4.92. The minimum atomic E-state index is -4.92. The maximum absolute atomic E-state index is 13.1. The molecule has 0 saturated heterocycles. The molecule has 0 atom stereocenters. The third-order valence-electron chi connectivity index (χ3n) is 3.86. The predicted molar refractivity (Wildman–Crippen MR) is 102 cm³/mol. The van der Waals surface area contributed by atoms with E-state index in [0.29, 0.717) is 9.53 Å². The second-order valence-electron chi connectivity index (χ2n) is 6.11. The number of carbonyl (C=O) groups excluding carboxylic acids is 1. The van der Waals surface area contributed by atoms with Crippen molar-refractivity contribution in [2.45, 2.75) is 19.7 Å². The second kappa shape index (κ2) is 8.63. The van der Waals surface area contributed by atoms with Crippen molar-refractivity contribution in [3.63, 3.8) is 0 Å². The first kappa shape index (κ1) is 23.3. The molecule has 0 fully saturated rings. The van der Waals surface area contributed by atoms with Gasteiger partial charge < -0.3 is 9.57 Å². The Balaban J connectivity index is 1.98. The van der Waals surface area contributed by atoms with Crippen LogP contribution in [-0.2, 0) is 24.6 Å². The lowest BCUT2D eigenvalue weighted by atomic mass is 10.2. The predicted octanol–water partition coefficient (Wildman–Crippen LogP) is 1.40. The molecule has 0 aliphatic carbocycles. The van der Waals surface area contributed by atoms with Crippen molar-refractivity contribution in [1.29, 1.82) is 0 Å². The van der Waals surface area contributed by atoms with Crippen molar-refractivity contribution in [1.82, 2.24) is 29.5 Å². The van der Waals surface area contributed by atoms with Crippen molar-refractivity contribution < 1.29 is 27.5 Å². The number of tetrazole rings is 1. The molecule has 0 aliphatic rings. The van der Waals surface area contributed by atoms with Crippen molar-refractivity contribution >= 4 is 29.2 Å². The molecule has 0 bridgehead atoms. The van der Waals surface area contributed by atoms with Crippen molar-refractivity contribution in [3.05, 3.63) is 60.6 Å². The average molecular weight is 495 g/mol. The van der Waals surface area contributed by atoms with Crippen LogP contribution < -0.4 is 20.8 Å². The molecule has 0 radical (unpaired) electrons. The number of hydrogen-bond donors (Lipinski definition) is 0. The molecule has 11 nitrogen and oxygen atoms in total. The molecular formula is C16H11Cl2F3N6O5. The van der Waals surface area contributed by atoms with Crippen molar-refractivity contribution in [3.8, 4) is 11.4 Å². The highest BCUT2D eigenvalue weighted by molar-refractivity contribution is 6.36. The highest BCUT2D eigenvalue weighted by Crippen LogP contribution is 2.33. The molecule has 3 aromatic rings. The summed E-state index contributed by atoms with van der Waals surface area (Å²) >= 11 is 12.1. The number of ether oxygens (including phenoxy) is 1. The van der Waals surface area contributed by atoms with Gasteiger partial charge >= 0.3 is 17.8 Å². The van der Waals surface area contributed by atoms with Gasteiger partial charge in [0, 0.05) is 31.1 Å².